The van der Waals surface area contributed by atoms with Gasteiger partial charge in [0, 0.05) is 6.54 Å². The number of carbonyl (C=O) groups is 3. The molecular formula is C23H25N3O4. The highest BCUT2D eigenvalue weighted by atomic mass is 16.5. The molecule has 2 aromatic rings. The number of nitrogens with zero attached hydrogens (tertiary/aromatic N) is 1. The number of aryl methyl sites for hydroxylation is 2. The number of ether oxygens (including phenoxy) is 1. The number of benzene rings is 2. The van der Waals surface area contributed by atoms with Crippen LogP contribution < -0.4 is 15.4 Å². The minimum Gasteiger partial charge on any atom is -0.497 e. The number of amides is 4. The van der Waals surface area contributed by atoms with E-state index in [-0.39, 0.29) is 13.1 Å². The van der Waals surface area contributed by atoms with Gasteiger partial charge >= 0.3 is 6.03 Å². The Balaban J connectivity index is 1.43. The van der Waals surface area contributed by atoms with Crippen LogP contribution in [0, 0.1) is 0 Å². The van der Waals surface area contributed by atoms with Crippen LogP contribution in [0.15, 0.2) is 42.5 Å². The van der Waals surface area contributed by atoms with Crippen molar-refractivity contribution in [3.63, 3.8) is 0 Å². The van der Waals surface area contributed by atoms with E-state index in [1.54, 1.807) is 14.0 Å². The molecule has 1 aliphatic heterocycles. The minimum absolute atomic E-state index is 0.280. The van der Waals surface area contributed by atoms with Crippen LogP contribution in [0.4, 0.5) is 4.79 Å². The van der Waals surface area contributed by atoms with Crippen molar-refractivity contribution in [3.05, 3.63) is 64.7 Å². The van der Waals surface area contributed by atoms with E-state index in [1.807, 2.05) is 42.5 Å². The van der Waals surface area contributed by atoms with Gasteiger partial charge in [0.05, 0.1) is 7.11 Å². The summed E-state index contributed by atoms with van der Waals surface area (Å²) in [4.78, 5) is 39.0. The van der Waals surface area contributed by atoms with Gasteiger partial charge in [0.15, 0.2) is 0 Å². The average Bonchev–Trinajstić information content (AvgIpc) is 3.30. The number of carbonyl (C=O) groups excluding carboxylic acids is 3. The first-order valence-electron chi connectivity index (χ1n) is 10.1. The number of rotatable bonds is 6. The smallest absolute Gasteiger partial charge is 0.325 e. The first kappa shape index (κ1) is 19.9. The van der Waals surface area contributed by atoms with Crippen LogP contribution in [0.1, 0.15) is 35.6 Å². The van der Waals surface area contributed by atoms with Crippen molar-refractivity contribution in [2.24, 2.45) is 0 Å². The summed E-state index contributed by atoms with van der Waals surface area (Å²) in [6.45, 7) is 1.65. The normalized spacial score (nSPS) is 20.1. The highest BCUT2D eigenvalue weighted by Gasteiger charge is 2.49. The van der Waals surface area contributed by atoms with Crippen LogP contribution in [-0.4, -0.2) is 36.4 Å². The number of nitrogens with one attached hydrogen (secondary N) is 2. The summed E-state index contributed by atoms with van der Waals surface area (Å²) < 4.78 is 5.17. The molecule has 4 amide bonds. The fraction of sp³-hybridized carbons (Fsp3) is 0.348. The molecule has 2 N–H and O–H groups in total. The Hall–Kier alpha value is -3.35. The predicted molar refractivity (Wildman–Crippen MR) is 111 cm³/mol. The zero-order chi connectivity index (χ0) is 21.3. The maximum Gasteiger partial charge on any atom is 0.325 e. The molecule has 1 saturated heterocycles. The summed E-state index contributed by atoms with van der Waals surface area (Å²) in [5, 5.41) is 5.52. The molecule has 0 aromatic heterocycles. The van der Waals surface area contributed by atoms with Gasteiger partial charge in [-0.25, -0.2) is 4.79 Å². The molecule has 0 saturated carbocycles. The van der Waals surface area contributed by atoms with Gasteiger partial charge in [0.25, 0.3) is 5.91 Å². The molecule has 7 heteroatoms. The van der Waals surface area contributed by atoms with E-state index < -0.39 is 23.4 Å². The SMILES string of the molecule is COc1cccc(CNC(=O)CN2C(=O)N[C@](C)(c3ccc4c(c3)CCC4)C2=O)c1. The molecule has 1 atom stereocenters. The van der Waals surface area contributed by atoms with Crippen molar-refractivity contribution in [3.8, 4) is 5.75 Å². The zero-order valence-electron chi connectivity index (χ0n) is 17.2. The van der Waals surface area contributed by atoms with Crippen molar-refractivity contribution in [1.29, 1.82) is 0 Å². The lowest BCUT2D eigenvalue weighted by Crippen LogP contribution is -2.43. The van der Waals surface area contributed by atoms with Gasteiger partial charge in [-0.3, -0.25) is 14.5 Å². The van der Waals surface area contributed by atoms with Gasteiger partial charge in [0.2, 0.25) is 5.91 Å². The Morgan fingerprint density at radius 1 is 1.17 bits per heavy atom. The molecule has 2 aromatic carbocycles. The Morgan fingerprint density at radius 3 is 2.77 bits per heavy atom. The largest absolute Gasteiger partial charge is 0.497 e. The van der Waals surface area contributed by atoms with Gasteiger partial charge < -0.3 is 15.4 Å². The Bertz CT molecular complexity index is 1020. The lowest BCUT2D eigenvalue weighted by Gasteiger charge is -2.23. The summed E-state index contributed by atoms with van der Waals surface area (Å²) in [5.74, 6) is -0.123. The molecule has 0 radical (unpaired) electrons. The van der Waals surface area contributed by atoms with Gasteiger partial charge in [-0.05, 0) is 60.6 Å². The fourth-order valence-electron chi connectivity index (χ4n) is 4.10. The van der Waals surface area contributed by atoms with E-state index in [9.17, 15) is 14.4 Å². The second-order valence-corrected chi connectivity index (χ2v) is 7.91. The molecule has 0 bridgehead atoms. The van der Waals surface area contributed by atoms with Crippen molar-refractivity contribution in [2.75, 3.05) is 13.7 Å². The maximum absolute atomic E-state index is 13.1. The fourth-order valence-corrected chi connectivity index (χ4v) is 4.10. The first-order valence-corrected chi connectivity index (χ1v) is 10.1. The van der Waals surface area contributed by atoms with Gasteiger partial charge in [-0.2, -0.15) is 0 Å². The Morgan fingerprint density at radius 2 is 1.97 bits per heavy atom. The first-order chi connectivity index (χ1) is 14.4. The van der Waals surface area contributed by atoms with Gasteiger partial charge in [-0.15, -0.1) is 0 Å². The molecule has 30 heavy (non-hydrogen) atoms. The minimum atomic E-state index is -1.16. The van der Waals surface area contributed by atoms with E-state index in [2.05, 4.69) is 10.6 Å². The maximum atomic E-state index is 13.1. The third-order valence-electron chi connectivity index (χ3n) is 5.88. The molecule has 156 valence electrons. The summed E-state index contributed by atoms with van der Waals surface area (Å²) in [6.07, 6.45) is 3.14. The molecule has 0 unspecified atom stereocenters. The zero-order valence-corrected chi connectivity index (χ0v) is 17.2. The molecule has 2 aliphatic rings. The molecule has 1 fully saturated rings. The highest BCUT2D eigenvalue weighted by molar-refractivity contribution is 6.09. The highest BCUT2D eigenvalue weighted by Crippen LogP contribution is 2.32. The number of fused-ring (bicyclic) bond motifs is 1. The van der Waals surface area contributed by atoms with Crippen LogP contribution in [0.2, 0.25) is 0 Å². The molecule has 0 spiro atoms. The standard InChI is InChI=1S/C23H25N3O4/c1-23(18-10-9-16-6-4-7-17(16)12-18)21(28)26(22(29)25-23)14-20(27)24-13-15-5-3-8-19(11-15)30-2/h3,5,8-12H,4,6-7,13-14H2,1-2H3,(H,24,27)(H,25,29)/t23-/m1/s1. The van der Waals surface area contributed by atoms with Crippen molar-refractivity contribution in [2.45, 2.75) is 38.3 Å². The van der Waals surface area contributed by atoms with Gasteiger partial charge in [-0.1, -0.05) is 30.3 Å². The Kier molecular flexibility index (Phi) is 5.20. The molecule has 4 rings (SSSR count). The van der Waals surface area contributed by atoms with Crippen molar-refractivity contribution >= 4 is 17.8 Å². The van der Waals surface area contributed by atoms with Gasteiger partial charge in [0.1, 0.15) is 17.8 Å². The van der Waals surface area contributed by atoms with E-state index in [0.717, 1.165) is 35.3 Å². The molecule has 7 nitrogen and oxygen atoms in total. The Labute approximate surface area is 175 Å². The van der Waals surface area contributed by atoms with Crippen LogP contribution in [-0.2, 0) is 34.5 Å². The number of methoxy groups -OCH3 is 1. The predicted octanol–water partition coefficient (Wildman–Crippen LogP) is 2.27. The lowest BCUT2D eigenvalue weighted by atomic mass is 9.89. The van der Waals surface area contributed by atoms with E-state index in [1.165, 1.54) is 11.1 Å². The van der Waals surface area contributed by atoms with Crippen molar-refractivity contribution < 1.29 is 19.1 Å². The van der Waals surface area contributed by atoms with E-state index in [4.69, 9.17) is 4.74 Å². The number of imide groups is 1. The quantitative estimate of drug-likeness (QED) is 0.719. The number of urea groups is 1. The van der Waals surface area contributed by atoms with Crippen LogP contribution in [0.25, 0.3) is 0 Å². The monoisotopic (exact) mass is 407 g/mol. The number of hydrogen-bond donors (Lipinski definition) is 2. The summed E-state index contributed by atoms with van der Waals surface area (Å²) in [7, 11) is 1.58. The lowest BCUT2D eigenvalue weighted by molar-refractivity contribution is -0.134. The third kappa shape index (κ3) is 3.63. The molecular weight excluding hydrogens is 382 g/mol. The topological polar surface area (TPSA) is 87.7 Å². The summed E-state index contributed by atoms with van der Waals surface area (Å²) in [5.41, 5.74) is 2.98. The molecule has 1 aliphatic carbocycles. The third-order valence-corrected chi connectivity index (χ3v) is 5.88. The summed E-state index contributed by atoms with van der Waals surface area (Å²) in [6, 6.07) is 12.7. The van der Waals surface area contributed by atoms with Crippen molar-refractivity contribution in [1.82, 2.24) is 15.5 Å². The molecule has 1 heterocycles. The van der Waals surface area contributed by atoms with Crippen LogP contribution in [0.3, 0.4) is 0 Å². The van der Waals surface area contributed by atoms with E-state index >= 15 is 0 Å². The second-order valence-electron chi connectivity index (χ2n) is 7.91. The van der Waals surface area contributed by atoms with E-state index in [0.29, 0.717) is 5.75 Å². The summed E-state index contributed by atoms with van der Waals surface area (Å²) >= 11 is 0. The van der Waals surface area contributed by atoms with Crippen LogP contribution >= 0.6 is 0 Å². The van der Waals surface area contributed by atoms with Crippen LogP contribution in [0.5, 0.6) is 5.75 Å². The average molecular weight is 407 g/mol. The second kappa shape index (κ2) is 7.82. The number of hydrogen-bond acceptors (Lipinski definition) is 4.